The summed E-state index contributed by atoms with van der Waals surface area (Å²) >= 11 is 0. The van der Waals surface area contributed by atoms with E-state index in [0.29, 0.717) is 6.54 Å². The fourth-order valence-corrected chi connectivity index (χ4v) is 2.84. The molecule has 0 saturated carbocycles. The van der Waals surface area contributed by atoms with Crippen LogP contribution < -0.4 is 5.32 Å². The first kappa shape index (κ1) is 18.3. The van der Waals surface area contributed by atoms with Gasteiger partial charge in [-0.05, 0) is 47.9 Å². The molecular weight excluding hydrogens is 339 g/mol. The Morgan fingerprint density at radius 1 is 1.00 bits per heavy atom. The molecule has 0 amide bonds. The van der Waals surface area contributed by atoms with Crippen LogP contribution in [0.25, 0.3) is 0 Å². The van der Waals surface area contributed by atoms with E-state index in [1.807, 2.05) is 6.92 Å². The van der Waals surface area contributed by atoms with Crippen LogP contribution >= 0.6 is 0 Å². The number of benzene rings is 2. The SMILES string of the molecule is CC(CNc1ccc(S(C)(=O)=O)cc1)c1ccc(C(F)(F)F)cc1. The summed E-state index contributed by atoms with van der Waals surface area (Å²) in [5.74, 6) is 0.00173. The predicted octanol–water partition coefficient (Wildman–Crippen LogP) is 4.32. The maximum Gasteiger partial charge on any atom is 0.416 e. The Morgan fingerprint density at radius 3 is 2.00 bits per heavy atom. The van der Waals surface area contributed by atoms with Gasteiger partial charge in [0.15, 0.2) is 9.84 Å². The molecule has 0 aliphatic rings. The third kappa shape index (κ3) is 4.74. The number of rotatable bonds is 5. The number of hydrogen-bond acceptors (Lipinski definition) is 3. The maximum atomic E-state index is 12.6. The zero-order valence-electron chi connectivity index (χ0n) is 13.3. The van der Waals surface area contributed by atoms with Gasteiger partial charge < -0.3 is 5.32 Å². The van der Waals surface area contributed by atoms with E-state index in [4.69, 9.17) is 0 Å². The van der Waals surface area contributed by atoms with Crippen LogP contribution in [0.5, 0.6) is 0 Å². The number of hydrogen-bond donors (Lipinski definition) is 1. The molecule has 0 saturated heterocycles. The number of anilines is 1. The lowest BCUT2D eigenvalue weighted by molar-refractivity contribution is -0.137. The molecule has 24 heavy (non-hydrogen) atoms. The molecule has 0 fully saturated rings. The first-order valence-corrected chi connectivity index (χ1v) is 9.17. The van der Waals surface area contributed by atoms with Crippen molar-refractivity contribution in [2.45, 2.75) is 23.9 Å². The zero-order valence-corrected chi connectivity index (χ0v) is 14.1. The molecule has 0 spiro atoms. The molecule has 0 radical (unpaired) electrons. The molecule has 7 heteroatoms. The summed E-state index contributed by atoms with van der Waals surface area (Å²) in [4.78, 5) is 0.240. The van der Waals surface area contributed by atoms with Crippen molar-refractivity contribution in [3.05, 3.63) is 59.7 Å². The minimum Gasteiger partial charge on any atom is -0.384 e. The smallest absolute Gasteiger partial charge is 0.384 e. The molecule has 1 N–H and O–H groups in total. The van der Waals surface area contributed by atoms with Gasteiger partial charge in [0.2, 0.25) is 0 Å². The number of halogens is 3. The van der Waals surface area contributed by atoms with Crippen molar-refractivity contribution in [2.24, 2.45) is 0 Å². The Balaban J connectivity index is 1.99. The first-order chi connectivity index (χ1) is 11.1. The van der Waals surface area contributed by atoms with E-state index >= 15 is 0 Å². The molecule has 1 atom stereocenters. The summed E-state index contributed by atoms with van der Waals surface area (Å²) in [6, 6.07) is 11.5. The molecule has 0 bridgehead atoms. The predicted molar refractivity (Wildman–Crippen MR) is 87.9 cm³/mol. The van der Waals surface area contributed by atoms with E-state index in [-0.39, 0.29) is 10.8 Å². The average Bonchev–Trinajstić information content (AvgIpc) is 2.51. The normalized spacial score (nSPS) is 13.5. The largest absolute Gasteiger partial charge is 0.416 e. The van der Waals surface area contributed by atoms with E-state index in [2.05, 4.69) is 5.32 Å². The summed E-state index contributed by atoms with van der Waals surface area (Å²) in [5, 5.41) is 3.15. The van der Waals surface area contributed by atoms with Crippen LogP contribution in [0.1, 0.15) is 24.0 Å². The lowest BCUT2D eigenvalue weighted by atomic mass is 9.99. The van der Waals surface area contributed by atoms with Crippen molar-refractivity contribution in [3.8, 4) is 0 Å². The Hall–Kier alpha value is -2.02. The average molecular weight is 357 g/mol. The third-order valence-electron chi connectivity index (χ3n) is 3.70. The van der Waals surface area contributed by atoms with Gasteiger partial charge in [0.05, 0.1) is 10.5 Å². The Morgan fingerprint density at radius 2 is 1.54 bits per heavy atom. The second-order valence-electron chi connectivity index (χ2n) is 5.70. The van der Waals surface area contributed by atoms with Gasteiger partial charge in [-0.25, -0.2) is 8.42 Å². The topological polar surface area (TPSA) is 46.2 Å². The summed E-state index contributed by atoms with van der Waals surface area (Å²) in [6.07, 6.45) is -3.19. The first-order valence-electron chi connectivity index (χ1n) is 7.28. The fourth-order valence-electron chi connectivity index (χ4n) is 2.21. The van der Waals surface area contributed by atoms with Gasteiger partial charge in [-0.3, -0.25) is 0 Å². The molecule has 0 aliphatic carbocycles. The second kappa shape index (κ2) is 6.84. The summed E-state index contributed by atoms with van der Waals surface area (Å²) in [7, 11) is -3.23. The quantitative estimate of drug-likeness (QED) is 0.867. The minimum atomic E-state index is -4.33. The zero-order chi connectivity index (χ0) is 18.0. The molecule has 0 aliphatic heterocycles. The molecule has 3 nitrogen and oxygen atoms in total. The molecule has 2 rings (SSSR count). The number of nitrogens with one attached hydrogen (secondary N) is 1. The van der Waals surface area contributed by atoms with Gasteiger partial charge in [-0.15, -0.1) is 0 Å². The van der Waals surface area contributed by atoms with Crippen molar-refractivity contribution in [3.63, 3.8) is 0 Å². The van der Waals surface area contributed by atoms with E-state index in [1.54, 1.807) is 12.1 Å². The van der Waals surface area contributed by atoms with Crippen LogP contribution in [0.2, 0.25) is 0 Å². The van der Waals surface area contributed by atoms with Crippen LogP contribution in [-0.4, -0.2) is 21.2 Å². The molecule has 0 heterocycles. The van der Waals surface area contributed by atoms with Crippen molar-refractivity contribution in [1.82, 2.24) is 0 Å². The van der Waals surface area contributed by atoms with Gasteiger partial charge in [0.25, 0.3) is 0 Å². The Labute approximate surface area is 139 Å². The fraction of sp³-hybridized carbons (Fsp3) is 0.294. The molecule has 2 aromatic rings. The molecule has 1 unspecified atom stereocenters. The van der Waals surface area contributed by atoms with Crippen LogP contribution in [0, 0.1) is 0 Å². The van der Waals surface area contributed by atoms with E-state index in [0.717, 1.165) is 29.6 Å². The second-order valence-corrected chi connectivity index (χ2v) is 7.71. The summed E-state index contributed by atoms with van der Waals surface area (Å²) in [5.41, 5.74) is 0.882. The number of alkyl halides is 3. The minimum absolute atomic E-state index is 0.00173. The van der Waals surface area contributed by atoms with Crippen LogP contribution in [-0.2, 0) is 16.0 Å². The highest BCUT2D eigenvalue weighted by Crippen LogP contribution is 2.30. The van der Waals surface area contributed by atoms with E-state index in [1.165, 1.54) is 24.3 Å². The monoisotopic (exact) mass is 357 g/mol. The Bertz CT molecular complexity index is 782. The van der Waals surface area contributed by atoms with Crippen molar-refractivity contribution in [1.29, 1.82) is 0 Å². The summed E-state index contributed by atoms with van der Waals surface area (Å²) < 4.78 is 60.4. The van der Waals surface area contributed by atoms with Crippen molar-refractivity contribution >= 4 is 15.5 Å². The third-order valence-corrected chi connectivity index (χ3v) is 4.83. The van der Waals surface area contributed by atoms with Gasteiger partial charge in [-0.1, -0.05) is 19.1 Å². The molecule has 2 aromatic carbocycles. The van der Waals surface area contributed by atoms with Crippen molar-refractivity contribution in [2.75, 3.05) is 18.1 Å². The van der Waals surface area contributed by atoms with Gasteiger partial charge in [0, 0.05) is 18.5 Å². The maximum absolute atomic E-state index is 12.6. The molecular formula is C17H18F3NO2S. The van der Waals surface area contributed by atoms with Gasteiger partial charge in [0.1, 0.15) is 0 Å². The van der Waals surface area contributed by atoms with Crippen LogP contribution in [0.4, 0.5) is 18.9 Å². The van der Waals surface area contributed by atoms with E-state index < -0.39 is 21.6 Å². The highest BCUT2D eigenvalue weighted by Gasteiger charge is 2.30. The molecule has 0 aromatic heterocycles. The number of sulfone groups is 1. The van der Waals surface area contributed by atoms with Gasteiger partial charge in [-0.2, -0.15) is 13.2 Å². The van der Waals surface area contributed by atoms with Crippen LogP contribution in [0.15, 0.2) is 53.4 Å². The lowest BCUT2D eigenvalue weighted by Gasteiger charge is -2.15. The van der Waals surface area contributed by atoms with E-state index in [9.17, 15) is 21.6 Å². The highest BCUT2D eigenvalue weighted by atomic mass is 32.2. The lowest BCUT2D eigenvalue weighted by Crippen LogP contribution is -2.11. The standard InChI is InChI=1S/C17H18F3NO2S/c1-12(13-3-5-14(6-4-13)17(18,19)20)11-21-15-7-9-16(10-8-15)24(2,22)23/h3-10,12,21H,11H2,1-2H3. The van der Waals surface area contributed by atoms with Crippen LogP contribution in [0.3, 0.4) is 0 Å². The summed E-state index contributed by atoms with van der Waals surface area (Å²) in [6.45, 7) is 2.42. The van der Waals surface area contributed by atoms with Gasteiger partial charge >= 0.3 is 6.18 Å². The molecule has 130 valence electrons. The Kier molecular flexibility index (Phi) is 5.22. The highest BCUT2D eigenvalue weighted by molar-refractivity contribution is 7.90. The van der Waals surface area contributed by atoms with Crippen molar-refractivity contribution < 1.29 is 21.6 Å².